The fourth-order valence-corrected chi connectivity index (χ4v) is 2.71. The highest BCUT2D eigenvalue weighted by Crippen LogP contribution is 2.21. The largest absolute Gasteiger partial charge is 0.413 e. The van der Waals surface area contributed by atoms with Crippen LogP contribution in [0.2, 0.25) is 10.0 Å². The topological polar surface area (TPSA) is 78.3 Å². The number of benzene rings is 1. The highest BCUT2D eigenvalue weighted by molar-refractivity contribution is 7.86. The lowest BCUT2D eigenvalue weighted by Gasteiger charge is -2.09. The standard InChI is InChI=1S/C12H7Cl2F3N2O4S/c13-9-5-18-19(11(20)10(9)14)7-1-3-8(4-2-7)24(21,22)23-6-12(15,16)17/h1-5H,6H2. The van der Waals surface area contributed by atoms with Crippen molar-refractivity contribution in [1.82, 2.24) is 9.78 Å². The van der Waals surface area contributed by atoms with E-state index in [-0.39, 0.29) is 15.7 Å². The third-order valence-electron chi connectivity index (χ3n) is 2.62. The Kier molecular flexibility index (Phi) is 5.23. The van der Waals surface area contributed by atoms with Crippen LogP contribution in [0.1, 0.15) is 0 Å². The van der Waals surface area contributed by atoms with Crippen molar-refractivity contribution < 1.29 is 25.8 Å². The monoisotopic (exact) mass is 402 g/mol. The number of hydrogen-bond donors (Lipinski definition) is 0. The van der Waals surface area contributed by atoms with Crippen LogP contribution in [-0.2, 0) is 14.3 Å². The van der Waals surface area contributed by atoms with Crippen LogP contribution in [0.5, 0.6) is 0 Å². The summed E-state index contributed by atoms with van der Waals surface area (Å²) in [7, 11) is -4.59. The summed E-state index contributed by atoms with van der Waals surface area (Å²) >= 11 is 11.3. The average molecular weight is 403 g/mol. The molecule has 0 atom stereocenters. The lowest BCUT2D eigenvalue weighted by molar-refractivity contribution is -0.152. The van der Waals surface area contributed by atoms with E-state index in [0.717, 1.165) is 35.1 Å². The number of rotatable bonds is 4. The molecule has 2 aromatic rings. The number of halogens is 5. The minimum Gasteiger partial charge on any atom is -0.266 e. The van der Waals surface area contributed by atoms with Crippen LogP contribution in [0.15, 0.2) is 40.2 Å². The van der Waals surface area contributed by atoms with Crippen LogP contribution in [0.4, 0.5) is 13.2 Å². The number of nitrogens with zero attached hydrogens (tertiary/aromatic N) is 2. The van der Waals surface area contributed by atoms with Gasteiger partial charge in [-0.25, -0.2) is 0 Å². The molecule has 24 heavy (non-hydrogen) atoms. The van der Waals surface area contributed by atoms with Crippen molar-refractivity contribution in [3.05, 3.63) is 50.9 Å². The zero-order valence-electron chi connectivity index (χ0n) is 11.4. The van der Waals surface area contributed by atoms with Gasteiger partial charge in [-0.3, -0.25) is 8.98 Å². The zero-order valence-corrected chi connectivity index (χ0v) is 13.7. The van der Waals surface area contributed by atoms with Crippen molar-refractivity contribution in [2.24, 2.45) is 0 Å². The number of alkyl halides is 3. The molecule has 0 saturated heterocycles. The van der Waals surface area contributed by atoms with E-state index in [4.69, 9.17) is 23.2 Å². The first kappa shape index (κ1) is 18.7. The molecule has 0 aliphatic heterocycles. The van der Waals surface area contributed by atoms with Crippen molar-refractivity contribution in [2.75, 3.05) is 6.61 Å². The van der Waals surface area contributed by atoms with E-state index in [1.165, 1.54) is 0 Å². The molecule has 6 nitrogen and oxygen atoms in total. The molecule has 0 unspecified atom stereocenters. The quantitative estimate of drug-likeness (QED) is 0.734. The molecule has 0 amide bonds. The molecule has 12 heteroatoms. The van der Waals surface area contributed by atoms with Gasteiger partial charge in [0.05, 0.1) is 21.8 Å². The Balaban J connectivity index is 2.32. The first-order valence-electron chi connectivity index (χ1n) is 6.01. The van der Waals surface area contributed by atoms with Gasteiger partial charge in [0, 0.05) is 0 Å². The summed E-state index contributed by atoms with van der Waals surface area (Å²) in [6.45, 7) is -1.94. The third-order valence-corrected chi connectivity index (χ3v) is 4.65. The molecule has 2 rings (SSSR count). The van der Waals surface area contributed by atoms with Crippen LogP contribution in [0.25, 0.3) is 5.69 Å². The SMILES string of the molecule is O=c1c(Cl)c(Cl)cnn1-c1ccc(S(=O)(=O)OCC(F)(F)F)cc1. The van der Waals surface area contributed by atoms with E-state index in [2.05, 4.69) is 9.28 Å². The van der Waals surface area contributed by atoms with E-state index < -0.39 is 33.4 Å². The van der Waals surface area contributed by atoms with Crippen molar-refractivity contribution in [2.45, 2.75) is 11.1 Å². The van der Waals surface area contributed by atoms with Crippen molar-refractivity contribution in [1.29, 1.82) is 0 Å². The van der Waals surface area contributed by atoms with Gasteiger partial charge in [-0.05, 0) is 24.3 Å². The maximum Gasteiger partial charge on any atom is 0.413 e. The lowest BCUT2D eigenvalue weighted by Crippen LogP contribution is -2.22. The third kappa shape index (κ3) is 4.26. The summed E-state index contributed by atoms with van der Waals surface area (Å²) < 4.78 is 64.2. The summed E-state index contributed by atoms with van der Waals surface area (Å²) in [5.41, 5.74) is -0.610. The van der Waals surface area contributed by atoms with Gasteiger partial charge in [-0.2, -0.15) is 31.4 Å². The fraction of sp³-hybridized carbons (Fsp3) is 0.167. The molecule has 0 bridgehead atoms. The van der Waals surface area contributed by atoms with Gasteiger partial charge < -0.3 is 0 Å². The normalized spacial score (nSPS) is 12.4. The van der Waals surface area contributed by atoms with Gasteiger partial charge >= 0.3 is 6.18 Å². The van der Waals surface area contributed by atoms with Crippen LogP contribution in [-0.4, -0.2) is 31.0 Å². The Morgan fingerprint density at radius 2 is 1.75 bits per heavy atom. The summed E-state index contributed by atoms with van der Waals surface area (Å²) in [6.07, 6.45) is -3.67. The van der Waals surface area contributed by atoms with Crippen molar-refractivity contribution in [3.8, 4) is 5.69 Å². The molecule has 0 spiro atoms. The van der Waals surface area contributed by atoms with Gasteiger partial charge in [-0.1, -0.05) is 23.2 Å². The van der Waals surface area contributed by atoms with Crippen molar-refractivity contribution in [3.63, 3.8) is 0 Å². The zero-order chi connectivity index (χ0) is 18.1. The van der Waals surface area contributed by atoms with E-state index in [1.54, 1.807) is 0 Å². The van der Waals surface area contributed by atoms with Crippen LogP contribution in [0, 0.1) is 0 Å². The first-order valence-corrected chi connectivity index (χ1v) is 8.18. The average Bonchev–Trinajstić information content (AvgIpc) is 2.51. The highest BCUT2D eigenvalue weighted by Gasteiger charge is 2.31. The smallest absolute Gasteiger partial charge is 0.266 e. The molecule has 0 aliphatic carbocycles. The molecule has 130 valence electrons. The molecule has 1 aromatic heterocycles. The maximum atomic E-state index is 12.0. The Bertz CT molecular complexity index is 911. The van der Waals surface area contributed by atoms with E-state index in [0.29, 0.717) is 0 Å². The predicted octanol–water partition coefficient (Wildman–Crippen LogP) is 2.81. The van der Waals surface area contributed by atoms with E-state index >= 15 is 0 Å². The van der Waals surface area contributed by atoms with E-state index in [1.807, 2.05) is 0 Å². The maximum absolute atomic E-state index is 12.0. The highest BCUT2D eigenvalue weighted by atomic mass is 35.5. The molecule has 0 saturated carbocycles. The molecule has 0 aliphatic rings. The molecule has 0 radical (unpaired) electrons. The van der Waals surface area contributed by atoms with Crippen LogP contribution in [0.3, 0.4) is 0 Å². The minimum atomic E-state index is -4.79. The molecular formula is C12H7Cl2F3N2O4S. The Morgan fingerprint density at radius 1 is 1.17 bits per heavy atom. The van der Waals surface area contributed by atoms with E-state index in [9.17, 15) is 26.4 Å². The Morgan fingerprint density at radius 3 is 2.29 bits per heavy atom. The summed E-state index contributed by atoms with van der Waals surface area (Å²) in [5.74, 6) is 0. The second-order valence-corrected chi connectivity index (χ2v) is 6.75. The number of hydrogen-bond acceptors (Lipinski definition) is 5. The first-order chi connectivity index (χ1) is 11.0. The second-order valence-electron chi connectivity index (χ2n) is 4.35. The Hall–Kier alpha value is -1.62. The summed E-state index contributed by atoms with van der Waals surface area (Å²) in [4.78, 5) is 11.4. The van der Waals surface area contributed by atoms with Crippen LogP contribution >= 0.6 is 23.2 Å². The summed E-state index contributed by atoms with van der Waals surface area (Å²) in [5, 5.41) is 3.39. The van der Waals surface area contributed by atoms with Gasteiger partial charge in [0.25, 0.3) is 15.7 Å². The molecule has 0 fully saturated rings. The Labute approximate surface area is 143 Å². The second kappa shape index (κ2) is 6.71. The predicted molar refractivity (Wildman–Crippen MR) is 79.0 cm³/mol. The lowest BCUT2D eigenvalue weighted by atomic mass is 10.3. The van der Waals surface area contributed by atoms with Gasteiger partial charge in [0.1, 0.15) is 5.02 Å². The van der Waals surface area contributed by atoms with Crippen molar-refractivity contribution >= 4 is 33.3 Å². The summed E-state index contributed by atoms with van der Waals surface area (Å²) in [6, 6.07) is 4.25. The fourth-order valence-electron chi connectivity index (χ4n) is 1.56. The minimum absolute atomic E-state index is 0.0577. The van der Waals surface area contributed by atoms with Gasteiger partial charge in [0.2, 0.25) is 0 Å². The molecule has 0 N–H and O–H groups in total. The van der Waals surface area contributed by atoms with Crippen LogP contribution < -0.4 is 5.56 Å². The van der Waals surface area contributed by atoms with Gasteiger partial charge in [-0.15, -0.1) is 0 Å². The molecule has 1 heterocycles. The van der Waals surface area contributed by atoms with Gasteiger partial charge in [0.15, 0.2) is 6.61 Å². The number of aromatic nitrogens is 2. The molecular weight excluding hydrogens is 396 g/mol. The molecule has 1 aromatic carbocycles.